The van der Waals surface area contributed by atoms with E-state index in [1.807, 2.05) is 35.1 Å². The van der Waals surface area contributed by atoms with Crippen LogP contribution in [0, 0.1) is 5.92 Å². The smallest absolute Gasteiger partial charge is 0.255 e. The van der Waals surface area contributed by atoms with Crippen LogP contribution in [0.1, 0.15) is 54.4 Å². The van der Waals surface area contributed by atoms with Crippen molar-refractivity contribution >= 4 is 17.7 Å². The third kappa shape index (κ3) is 3.95. The number of methoxy groups -OCH3 is 1. The number of amides is 3. The normalized spacial score (nSPS) is 25.7. The summed E-state index contributed by atoms with van der Waals surface area (Å²) in [5.74, 6) is -0.201. The highest BCUT2D eigenvalue weighted by Crippen LogP contribution is 2.31. The van der Waals surface area contributed by atoms with E-state index in [9.17, 15) is 14.4 Å². The lowest BCUT2D eigenvalue weighted by molar-refractivity contribution is -0.136. The summed E-state index contributed by atoms with van der Waals surface area (Å²) in [4.78, 5) is 38.1. The van der Waals surface area contributed by atoms with E-state index < -0.39 is 6.04 Å². The largest absolute Gasteiger partial charge is 0.381 e. The van der Waals surface area contributed by atoms with E-state index in [1.54, 1.807) is 12.0 Å². The zero-order valence-corrected chi connectivity index (χ0v) is 18.3. The van der Waals surface area contributed by atoms with Crippen molar-refractivity contribution in [1.29, 1.82) is 0 Å². The van der Waals surface area contributed by atoms with Crippen molar-refractivity contribution in [2.75, 3.05) is 7.11 Å². The van der Waals surface area contributed by atoms with Crippen molar-refractivity contribution in [3.05, 3.63) is 41.6 Å². The average molecular weight is 437 g/mol. The van der Waals surface area contributed by atoms with Crippen LogP contribution in [0.2, 0.25) is 0 Å². The van der Waals surface area contributed by atoms with Gasteiger partial charge in [-0.05, 0) is 61.8 Å². The molecule has 8 nitrogen and oxygen atoms in total. The number of hydrogen-bond donors (Lipinski definition) is 1. The van der Waals surface area contributed by atoms with Gasteiger partial charge in [0.25, 0.3) is 5.91 Å². The van der Waals surface area contributed by atoms with Crippen LogP contribution < -0.4 is 5.32 Å². The van der Waals surface area contributed by atoms with E-state index in [1.165, 1.54) is 0 Å². The summed E-state index contributed by atoms with van der Waals surface area (Å²) in [6.07, 6.45) is 7.57. The molecule has 32 heavy (non-hydrogen) atoms. The van der Waals surface area contributed by atoms with Gasteiger partial charge in [0, 0.05) is 43.9 Å². The van der Waals surface area contributed by atoms with Crippen molar-refractivity contribution in [2.24, 2.45) is 5.92 Å². The summed E-state index contributed by atoms with van der Waals surface area (Å²) >= 11 is 0. The Morgan fingerprint density at radius 1 is 1.09 bits per heavy atom. The van der Waals surface area contributed by atoms with Gasteiger partial charge in [0.2, 0.25) is 11.8 Å². The predicted octanol–water partition coefficient (Wildman–Crippen LogP) is 2.52. The Balaban J connectivity index is 1.27. The fourth-order valence-corrected chi connectivity index (χ4v) is 5.17. The number of aromatic nitrogens is 2. The van der Waals surface area contributed by atoms with Crippen molar-refractivity contribution in [3.63, 3.8) is 0 Å². The topological polar surface area (TPSA) is 93.5 Å². The van der Waals surface area contributed by atoms with E-state index in [0.717, 1.165) is 49.0 Å². The molecule has 1 aromatic carbocycles. The summed E-state index contributed by atoms with van der Waals surface area (Å²) in [5, 5.41) is 7.11. The molecule has 1 N–H and O–H groups in total. The van der Waals surface area contributed by atoms with Gasteiger partial charge in [-0.2, -0.15) is 5.10 Å². The van der Waals surface area contributed by atoms with E-state index in [2.05, 4.69) is 5.32 Å². The molecule has 0 spiro atoms. The molecule has 2 fully saturated rings. The molecule has 5 rings (SSSR count). The number of nitrogens with one attached hydrogen (secondary N) is 1. The molecule has 1 aliphatic carbocycles. The van der Waals surface area contributed by atoms with Gasteiger partial charge in [-0.3, -0.25) is 24.4 Å². The third-order valence-electron chi connectivity index (χ3n) is 7.03. The van der Waals surface area contributed by atoms with Crippen molar-refractivity contribution < 1.29 is 19.1 Å². The summed E-state index contributed by atoms with van der Waals surface area (Å²) in [6.45, 7) is 1.28. The number of benzene rings is 1. The minimum Gasteiger partial charge on any atom is -0.381 e. The zero-order valence-electron chi connectivity index (χ0n) is 18.3. The van der Waals surface area contributed by atoms with Crippen molar-refractivity contribution in [3.8, 4) is 11.3 Å². The van der Waals surface area contributed by atoms with Gasteiger partial charge in [0.15, 0.2) is 0 Å². The highest BCUT2D eigenvalue weighted by Gasteiger charge is 2.39. The Labute approximate surface area is 186 Å². The number of rotatable bonds is 5. The predicted molar refractivity (Wildman–Crippen MR) is 116 cm³/mol. The Hall–Kier alpha value is -3.00. The van der Waals surface area contributed by atoms with Gasteiger partial charge >= 0.3 is 0 Å². The second-order valence-corrected chi connectivity index (χ2v) is 9.07. The van der Waals surface area contributed by atoms with Crippen LogP contribution in [-0.4, -0.2) is 51.7 Å². The quantitative estimate of drug-likeness (QED) is 0.727. The van der Waals surface area contributed by atoms with Gasteiger partial charge in [0.05, 0.1) is 11.8 Å². The Kier molecular flexibility index (Phi) is 5.55. The summed E-state index contributed by atoms with van der Waals surface area (Å²) in [6, 6.07) is 7.15. The lowest BCUT2D eigenvalue weighted by atomic mass is 9.87. The molecule has 2 aliphatic heterocycles. The van der Waals surface area contributed by atoms with Gasteiger partial charge in [-0.1, -0.05) is 6.07 Å². The molecule has 1 atom stereocenters. The Morgan fingerprint density at radius 3 is 2.66 bits per heavy atom. The maximum atomic E-state index is 12.9. The van der Waals surface area contributed by atoms with Gasteiger partial charge in [0.1, 0.15) is 6.04 Å². The first-order valence-corrected chi connectivity index (χ1v) is 11.4. The number of ether oxygens (including phenoxy) is 1. The molecular formula is C24H28N4O4. The molecule has 3 heterocycles. The number of piperidine rings is 1. The maximum absolute atomic E-state index is 12.9. The fraction of sp³-hybridized carbons (Fsp3) is 0.500. The van der Waals surface area contributed by atoms with Crippen LogP contribution in [-0.2, 0) is 27.4 Å². The summed E-state index contributed by atoms with van der Waals surface area (Å²) in [5.41, 5.74) is 3.35. The minimum absolute atomic E-state index is 0.154. The molecule has 2 aromatic rings. The molecule has 1 aromatic heterocycles. The van der Waals surface area contributed by atoms with E-state index >= 15 is 0 Å². The van der Waals surface area contributed by atoms with Crippen molar-refractivity contribution in [2.45, 2.75) is 63.8 Å². The van der Waals surface area contributed by atoms with Crippen LogP contribution in [0.15, 0.2) is 30.5 Å². The molecular weight excluding hydrogens is 408 g/mol. The molecule has 1 saturated carbocycles. The standard InChI is InChI=1S/C24H28N4O4/c1-32-18-5-2-15(3-6-18)13-27-11-10-20(26-27)16-4-7-19-17(12-16)14-28(24(19)31)21-8-9-22(29)25-23(21)30/h4,7,10-12,15,18,21H,2-3,5-6,8-9,13-14H2,1H3,(H,25,29,30). The molecule has 1 unspecified atom stereocenters. The van der Waals surface area contributed by atoms with Crippen LogP contribution >= 0.6 is 0 Å². The van der Waals surface area contributed by atoms with Crippen LogP contribution in [0.4, 0.5) is 0 Å². The number of fused-ring (bicyclic) bond motifs is 1. The van der Waals surface area contributed by atoms with E-state index in [0.29, 0.717) is 30.6 Å². The first kappa shape index (κ1) is 20.9. The molecule has 0 bridgehead atoms. The second-order valence-electron chi connectivity index (χ2n) is 9.07. The summed E-state index contributed by atoms with van der Waals surface area (Å²) < 4.78 is 7.48. The van der Waals surface area contributed by atoms with E-state index in [-0.39, 0.29) is 24.1 Å². The van der Waals surface area contributed by atoms with Crippen LogP contribution in [0.5, 0.6) is 0 Å². The molecule has 3 amide bonds. The number of nitrogens with zero attached hydrogens (tertiary/aromatic N) is 3. The van der Waals surface area contributed by atoms with Crippen LogP contribution in [0.3, 0.4) is 0 Å². The lowest BCUT2D eigenvalue weighted by Gasteiger charge is -2.29. The molecule has 0 radical (unpaired) electrons. The molecule has 3 aliphatic rings. The van der Waals surface area contributed by atoms with Gasteiger partial charge in [-0.25, -0.2) is 0 Å². The summed E-state index contributed by atoms with van der Waals surface area (Å²) in [7, 11) is 1.79. The highest BCUT2D eigenvalue weighted by atomic mass is 16.5. The minimum atomic E-state index is -0.594. The maximum Gasteiger partial charge on any atom is 0.255 e. The van der Waals surface area contributed by atoms with Gasteiger partial charge in [-0.15, -0.1) is 0 Å². The zero-order chi connectivity index (χ0) is 22.2. The first-order valence-electron chi connectivity index (χ1n) is 11.4. The number of carbonyl (C=O) groups is 3. The molecule has 168 valence electrons. The number of carbonyl (C=O) groups excluding carboxylic acids is 3. The first-order chi connectivity index (χ1) is 15.5. The molecule has 1 saturated heterocycles. The van der Waals surface area contributed by atoms with Gasteiger partial charge < -0.3 is 9.64 Å². The Morgan fingerprint density at radius 2 is 1.91 bits per heavy atom. The monoisotopic (exact) mass is 436 g/mol. The number of imide groups is 1. The third-order valence-corrected chi connectivity index (χ3v) is 7.03. The van der Waals surface area contributed by atoms with Crippen molar-refractivity contribution in [1.82, 2.24) is 20.0 Å². The van der Waals surface area contributed by atoms with Crippen LogP contribution in [0.25, 0.3) is 11.3 Å². The average Bonchev–Trinajstić information content (AvgIpc) is 3.39. The van der Waals surface area contributed by atoms with E-state index in [4.69, 9.17) is 9.84 Å². The highest BCUT2D eigenvalue weighted by molar-refractivity contribution is 6.05. The molecule has 8 heteroatoms. The Bertz CT molecular complexity index is 1050. The SMILES string of the molecule is COC1CCC(Cn2ccc(-c3ccc4c(c3)CN(C3CCC(=O)NC3=O)C4=O)n2)CC1. The lowest BCUT2D eigenvalue weighted by Crippen LogP contribution is -2.52. The second kappa shape index (κ2) is 8.50. The number of hydrogen-bond acceptors (Lipinski definition) is 5. The fourth-order valence-electron chi connectivity index (χ4n) is 5.17.